The van der Waals surface area contributed by atoms with Gasteiger partial charge in [-0.3, -0.25) is 0 Å². The lowest BCUT2D eigenvalue weighted by molar-refractivity contribution is -0.155. The largest absolute Gasteiger partial charge is 0.510 e. The van der Waals surface area contributed by atoms with Crippen molar-refractivity contribution >= 4 is 28.9 Å². The van der Waals surface area contributed by atoms with Crippen molar-refractivity contribution in [2.45, 2.75) is 13.3 Å². The van der Waals surface area contributed by atoms with E-state index in [2.05, 4.69) is 10.1 Å². The molecule has 0 aliphatic carbocycles. The second-order valence-electron chi connectivity index (χ2n) is 5.92. The number of ether oxygens (including phenoxy) is 2. The van der Waals surface area contributed by atoms with E-state index >= 15 is 0 Å². The van der Waals surface area contributed by atoms with Gasteiger partial charge < -0.3 is 14.6 Å². The summed E-state index contributed by atoms with van der Waals surface area (Å²) < 4.78 is 12.2. The van der Waals surface area contributed by atoms with E-state index in [9.17, 15) is 5.11 Å². The standard InChI is InChI=1S/C16H17Cl2N3O3/c1-16(6-23-10-24-7-16)15(22)14(21-9-19-8-20-21)4-11-2-3-12(17)5-13(11)18/h2-3,5,8-9,22H,4,6-7,10H2,1H3/b15-14+. The van der Waals surface area contributed by atoms with Gasteiger partial charge in [0, 0.05) is 16.5 Å². The average Bonchev–Trinajstić information content (AvgIpc) is 3.08. The average molecular weight is 370 g/mol. The van der Waals surface area contributed by atoms with Crippen molar-refractivity contribution in [3.63, 3.8) is 0 Å². The van der Waals surface area contributed by atoms with Crippen LogP contribution in [0, 0.1) is 5.41 Å². The van der Waals surface area contributed by atoms with Gasteiger partial charge >= 0.3 is 0 Å². The van der Waals surface area contributed by atoms with E-state index in [4.69, 9.17) is 32.7 Å². The molecule has 1 N–H and O–H groups in total. The zero-order chi connectivity index (χ0) is 17.2. The number of aromatic nitrogens is 3. The van der Waals surface area contributed by atoms with E-state index in [1.54, 1.807) is 12.1 Å². The maximum Gasteiger partial charge on any atom is 0.146 e. The lowest BCUT2D eigenvalue weighted by Crippen LogP contribution is -2.37. The summed E-state index contributed by atoms with van der Waals surface area (Å²) in [6, 6.07) is 5.25. The molecule has 0 saturated carbocycles. The van der Waals surface area contributed by atoms with Crippen LogP contribution < -0.4 is 0 Å². The van der Waals surface area contributed by atoms with E-state index in [0.29, 0.717) is 35.4 Å². The number of hydrogen-bond donors (Lipinski definition) is 1. The molecule has 1 aromatic heterocycles. The first-order chi connectivity index (χ1) is 11.5. The van der Waals surface area contributed by atoms with Gasteiger partial charge in [0.2, 0.25) is 0 Å². The Morgan fingerprint density at radius 1 is 1.33 bits per heavy atom. The van der Waals surface area contributed by atoms with E-state index in [-0.39, 0.29) is 12.6 Å². The van der Waals surface area contributed by atoms with Gasteiger partial charge in [0.05, 0.1) is 24.3 Å². The van der Waals surface area contributed by atoms with Gasteiger partial charge in [0.25, 0.3) is 0 Å². The summed E-state index contributed by atoms with van der Waals surface area (Å²) in [6.07, 6.45) is 3.30. The summed E-state index contributed by atoms with van der Waals surface area (Å²) in [5.74, 6) is 0.138. The zero-order valence-electron chi connectivity index (χ0n) is 13.1. The van der Waals surface area contributed by atoms with Crippen LogP contribution in [-0.2, 0) is 15.9 Å². The molecule has 0 bridgehead atoms. The Morgan fingerprint density at radius 2 is 2.08 bits per heavy atom. The third-order valence-corrected chi connectivity index (χ3v) is 4.51. The highest BCUT2D eigenvalue weighted by molar-refractivity contribution is 6.35. The number of nitrogens with zero attached hydrogens (tertiary/aromatic N) is 3. The number of allylic oxidation sites excluding steroid dienone is 1. The Labute approximate surface area is 149 Å². The van der Waals surface area contributed by atoms with E-state index in [0.717, 1.165) is 5.56 Å². The highest BCUT2D eigenvalue weighted by Gasteiger charge is 2.36. The van der Waals surface area contributed by atoms with Crippen LogP contribution >= 0.6 is 23.2 Å². The molecule has 3 rings (SSSR count). The fraction of sp³-hybridized carbons (Fsp3) is 0.375. The Balaban J connectivity index is 2.02. The molecule has 1 saturated heterocycles. The Morgan fingerprint density at radius 3 is 2.71 bits per heavy atom. The molecule has 2 aromatic rings. The van der Waals surface area contributed by atoms with Crippen LogP contribution in [0.4, 0.5) is 0 Å². The SMILES string of the molecule is CC1(/C(O)=C(/Cc2ccc(Cl)cc2Cl)n2cncn2)COCOC1. The van der Waals surface area contributed by atoms with Crippen molar-refractivity contribution in [2.75, 3.05) is 20.0 Å². The predicted molar refractivity (Wildman–Crippen MR) is 90.9 cm³/mol. The second kappa shape index (κ2) is 7.11. The molecular weight excluding hydrogens is 353 g/mol. The maximum absolute atomic E-state index is 10.9. The van der Waals surface area contributed by atoms with Gasteiger partial charge in [-0.05, 0) is 24.6 Å². The van der Waals surface area contributed by atoms with Crippen molar-refractivity contribution in [1.29, 1.82) is 0 Å². The number of halogens is 2. The summed E-state index contributed by atoms with van der Waals surface area (Å²) >= 11 is 12.2. The zero-order valence-corrected chi connectivity index (χ0v) is 14.6. The lowest BCUT2D eigenvalue weighted by atomic mass is 9.87. The third kappa shape index (κ3) is 3.57. The summed E-state index contributed by atoms with van der Waals surface area (Å²) in [5, 5.41) is 16.2. The van der Waals surface area contributed by atoms with Gasteiger partial charge in [-0.25, -0.2) is 9.67 Å². The van der Waals surface area contributed by atoms with Crippen LogP contribution in [0.5, 0.6) is 0 Å². The lowest BCUT2D eigenvalue weighted by Gasteiger charge is -2.33. The normalized spacial score (nSPS) is 18.3. The summed E-state index contributed by atoms with van der Waals surface area (Å²) in [5.41, 5.74) is 0.714. The van der Waals surface area contributed by atoms with E-state index in [1.165, 1.54) is 17.3 Å². The fourth-order valence-electron chi connectivity index (χ4n) is 2.59. The van der Waals surface area contributed by atoms with Crippen LogP contribution in [0.15, 0.2) is 36.6 Å². The van der Waals surface area contributed by atoms with Gasteiger partial charge in [-0.1, -0.05) is 29.3 Å². The maximum atomic E-state index is 10.9. The first-order valence-electron chi connectivity index (χ1n) is 7.36. The second-order valence-corrected chi connectivity index (χ2v) is 6.77. The van der Waals surface area contributed by atoms with Crippen molar-refractivity contribution in [1.82, 2.24) is 14.8 Å². The minimum Gasteiger partial charge on any atom is -0.510 e. The first kappa shape index (κ1) is 17.2. The van der Waals surface area contributed by atoms with Crippen molar-refractivity contribution in [3.05, 3.63) is 52.2 Å². The van der Waals surface area contributed by atoms with E-state index in [1.807, 2.05) is 13.0 Å². The van der Waals surface area contributed by atoms with Crippen molar-refractivity contribution in [3.8, 4) is 0 Å². The number of aliphatic hydroxyl groups excluding tert-OH is 1. The van der Waals surface area contributed by atoms with Crippen molar-refractivity contribution in [2.24, 2.45) is 5.41 Å². The van der Waals surface area contributed by atoms with Crippen molar-refractivity contribution < 1.29 is 14.6 Å². The summed E-state index contributed by atoms with van der Waals surface area (Å²) in [6.45, 7) is 2.81. The monoisotopic (exact) mass is 369 g/mol. The quantitative estimate of drug-likeness (QED) is 0.834. The van der Waals surface area contributed by atoms with Gasteiger partial charge in [-0.2, -0.15) is 5.10 Å². The molecule has 6 nitrogen and oxygen atoms in total. The predicted octanol–water partition coefficient (Wildman–Crippen LogP) is 3.56. The first-order valence-corrected chi connectivity index (χ1v) is 8.12. The number of hydrogen-bond acceptors (Lipinski definition) is 5. The van der Waals surface area contributed by atoms with Gasteiger partial charge in [-0.15, -0.1) is 0 Å². The molecule has 8 heteroatoms. The molecular formula is C16H17Cl2N3O3. The smallest absolute Gasteiger partial charge is 0.146 e. The van der Waals surface area contributed by atoms with E-state index < -0.39 is 5.41 Å². The topological polar surface area (TPSA) is 69.4 Å². The molecule has 24 heavy (non-hydrogen) atoms. The molecule has 0 radical (unpaired) electrons. The van der Waals surface area contributed by atoms with Crippen LogP contribution in [0.1, 0.15) is 12.5 Å². The molecule has 0 spiro atoms. The molecule has 1 fully saturated rings. The molecule has 128 valence electrons. The van der Waals surface area contributed by atoms with Crippen LogP contribution in [-0.4, -0.2) is 39.9 Å². The number of aliphatic hydroxyl groups is 1. The Hall–Kier alpha value is -1.60. The molecule has 0 atom stereocenters. The van der Waals surface area contributed by atoms with Gasteiger partial charge in [0.1, 0.15) is 25.2 Å². The summed E-state index contributed by atoms with van der Waals surface area (Å²) in [7, 11) is 0. The van der Waals surface area contributed by atoms with Crippen LogP contribution in [0.25, 0.3) is 5.70 Å². The van der Waals surface area contributed by atoms with Crippen LogP contribution in [0.3, 0.4) is 0 Å². The minimum absolute atomic E-state index is 0.138. The summed E-state index contributed by atoms with van der Waals surface area (Å²) in [4.78, 5) is 3.96. The molecule has 1 aliphatic heterocycles. The van der Waals surface area contributed by atoms with Crippen LogP contribution in [0.2, 0.25) is 10.0 Å². The molecule has 1 aliphatic rings. The number of benzene rings is 1. The third-order valence-electron chi connectivity index (χ3n) is 3.92. The highest BCUT2D eigenvalue weighted by atomic mass is 35.5. The fourth-order valence-corrected chi connectivity index (χ4v) is 3.06. The minimum atomic E-state index is -0.668. The highest BCUT2D eigenvalue weighted by Crippen LogP contribution is 2.34. The van der Waals surface area contributed by atoms with Gasteiger partial charge in [0.15, 0.2) is 0 Å². The Kier molecular flexibility index (Phi) is 5.10. The molecule has 0 unspecified atom stereocenters. The molecule has 0 amide bonds. The molecule has 1 aromatic carbocycles. The number of rotatable bonds is 4. The molecule has 2 heterocycles. The Bertz CT molecular complexity index is 741.